The third-order valence-electron chi connectivity index (χ3n) is 3.28. The van der Waals surface area contributed by atoms with Crippen LogP contribution in [0.3, 0.4) is 0 Å². The standard InChI is InChI=1S/C17H18BrClO/c1-11(2)13-5-4-12(3)17(8-13)20-15-7-6-14(10-18)16(19)9-15/h4-9,11H,10H2,1-3H3. The van der Waals surface area contributed by atoms with Gasteiger partial charge in [-0.05, 0) is 47.7 Å². The molecule has 0 aromatic heterocycles. The second kappa shape index (κ2) is 6.64. The largest absolute Gasteiger partial charge is 0.457 e. The Bertz CT molecular complexity index is 608. The summed E-state index contributed by atoms with van der Waals surface area (Å²) in [5.74, 6) is 2.14. The highest BCUT2D eigenvalue weighted by Crippen LogP contribution is 2.31. The summed E-state index contributed by atoms with van der Waals surface area (Å²) in [4.78, 5) is 0. The van der Waals surface area contributed by atoms with Crippen molar-refractivity contribution in [3.8, 4) is 11.5 Å². The zero-order chi connectivity index (χ0) is 14.7. The van der Waals surface area contributed by atoms with E-state index < -0.39 is 0 Å². The summed E-state index contributed by atoms with van der Waals surface area (Å²) in [6.07, 6.45) is 0. The van der Waals surface area contributed by atoms with E-state index >= 15 is 0 Å². The predicted molar refractivity (Wildman–Crippen MR) is 89.4 cm³/mol. The second-order valence-electron chi connectivity index (χ2n) is 5.17. The summed E-state index contributed by atoms with van der Waals surface area (Å²) < 4.78 is 5.98. The number of benzene rings is 2. The minimum atomic E-state index is 0.484. The van der Waals surface area contributed by atoms with Gasteiger partial charge in [-0.3, -0.25) is 0 Å². The quantitative estimate of drug-likeness (QED) is 0.573. The molecule has 0 atom stereocenters. The molecule has 2 aromatic rings. The maximum atomic E-state index is 6.21. The lowest BCUT2D eigenvalue weighted by molar-refractivity contribution is 0.477. The maximum absolute atomic E-state index is 6.21. The van der Waals surface area contributed by atoms with Crippen molar-refractivity contribution in [1.29, 1.82) is 0 Å². The fourth-order valence-electron chi connectivity index (χ4n) is 1.91. The van der Waals surface area contributed by atoms with Crippen molar-refractivity contribution in [2.75, 3.05) is 0 Å². The number of alkyl halides is 1. The van der Waals surface area contributed by atoms with Crippen LogP contribution < -0.4 is 4.74 Å². The summed E-state index contributed by atoms with van der Waals surface area (Å²) in [7, 11) is 0. The molecule has 0 bridgehead atoms. The number of aryl methyl sites for hydroxylation is 1. The molecule has 0 amide bonds. The van der Waals surface area contributed by atoms with Gasteiger partial charge in [0.15, 0.2) is 0 Å². The molecule has 0 unspecified atom stereocenters. The Morgan fingerprint density at radius 3 is 2.50 bits per heavy atom. The highest BCUT2D eigenvalue weighted by atomic mass is 79.9. The molecule has 0 aliphatic rings. The SMILES string of the molecule is Cc1ccc(C(C)C)cc1Oc1ccc(CBr)c(Cl)c1. The first-order valence-electron chi connectivity index (χ1n) is 6.64. The first kappa shape index (κ1) is 15.4. The molecule has 2 rings (SSSR count). The summed E-state index contributed by atoms with van der Waals surface area (Å²) in [6.45, 7) is 6.40. The van der Waals surface area contributed by atoms with Crippen LogP contribution in [0.5, 0.6) is 11.5 Å². The van der Waals surface area contributed by atoms with Crippen molar-refractivity contribution >= 4 is 27.5 Å². The molecular weight excluding hydrogens is 336 g/mol. The third-order valence-corrected chi connectivity index (χ3v) is 4.23. The third kappa shape index (κ3) is 3.56. The first-order valence-corrected chi connectivity index (χ1v) is 8.14. The molecule has 0 saturated heterocycles. The van der Waals surface area contributed by atoms with E-state index in [2.05, 4.69) is 48.0 Å². The molecule has 1 nitrogen and oxygen atoms in total. The average Bonchev–Trinajstić information content (AvgIpc) is 2.41. The lowest BCUT2D eigenvalue weighted by Crippen LogP contribution is -1.93. The van der Waals surface area contributed by atoms with E-state index in [4.69, 9.17) is 16.3 Å². The van der Waals surface area contributed by atoms with Gasteiger partial charge >= 0.3 is 0 Å². The topological polar surface area (TPSA) is 9.23 Å². The van der Waals surface area contributed by atoms with Gasteiger partial charge in [-0.15, -0.1) is 0 Å². The van der Waals surface area contributed by atoms with Crippen LogP contribution in [0.4, 0.5) is 0 Å². The first-order chi connectivity index (χ1) is 9.51. The highest BCUT2D eigenvalue weighted by molar-refractivity contribution is 9.08. The predicted octanol–water partition coefficient (Wildman–Crippen LogP) is 6.46. The fourth-order valence-corrected chi connectivity index (χ4v) is 2.80. The van der Waals surface area contributed by atoms with E-state index in [0.29, 0.717) is 5.92 Å². The van der Waals surface area contributed by atoms with E-state index in [-0.39, 0.29) is 0 Å². The average molecular weight is 354 g/mol. The number of hydrogen-bond acceptors (Lipinski definition) is 1. The molecule has 3 heteroatoms. The Hall–Kier alpha value is -0.990. The van der Waals surface area contributed by atoms with Crippen molar-refractivity contribution in [2.45, 2.75) is 32.0 Å². The molecule has 2 aromatic carbocycles. The number of ether oxygens (including phenoxy) is 1. The van der Waals surface area contributed by atoms with Crippen LogP contribution in [0.25, 0.3) is 0 Å². The second-order valence-corrected chi connectivity index (χ2v) is 6.14. The van der Waals surface area contributed by atoms with Crippen LogP contribution >= 0.6 is 27.5 Å². The fraction of sp³-hybridized carbons (Fsp3) is 0.294. The zero-order valence-electron chi connectivity index (χ0n) is 11.9. The molecule has 0 radical (unpaired) electrons. The molecule has 106 valence electrons. The molecule has 0 heterocycles. The number of halogens is 2. The minimum Gasteiger partial charge on any atom is -0.457 e. The summed E-state index contributed by atoms with van der Waals surface area (Å²) in [5.41, 5.74) is 3.45. The van der Waals surface area contributed by atoms with Gasteiger partial charge < -0.3 is 4.74 Å². The van der Waals surface area contributed by atoms with Gasteiger partial charge in [0.2, 0.25) is 0 Å². The maximum Gasteiger partial charge on any atom is 0.130 e. The van der Waals surface area contributed by atoms with Crippen LogP contribution in [0, 0.1) is 6.92 Å². The zero-order valence-corrected chi connectivity index (χ0v) is 14.3. The summed E-state index contributed by atoms with van der Waals surface area (Å²) >= 11 is 9.62. The van der Waals surface area contributed by atoms with E-state index in [1.165, 1.54) is 5.56 Å². The summed E-state index contributed by atoms with van der Waals surface area (Å²) in [5, 5.41) is 1.46. The molecule has 0 aliphatic carbocycles. The molecule has 0 N–H and O–H groups in total. The highest BCUT2D eigenvalue weighted by Gasteiger charge is 2.07. The van der Waals surface area contributed by atoms with Gasteiger partial charge in [0, 0.05) is 10.4 Å². The molecule has 0 spiro atoms. The van der Waals surface area contributed by atoms with Gasteiger partial charge in [0.05, 0.1) is 0 Å². The van der Waals surface area contributed by atoms with Crippen molar-refractivity contribution in [3.05, 3.63) is 58.1 Å². The molecule has 0 aliphatic heterocycles. The smallest absolute Gasteiger partial charge is 0.130 e. The van der Waals surface area contributed by atoms with E-state index in [1.54, 1.807) is 0 Å². The van der Waals surface area contributed by atoms with E-state index in [1.807, 2.05) is 25.1 Å². The Kier molecular flexibility index (Phi) is 5.11. The van der Waals surface area contributed by atoms with E-state index in [0.717, 1.165) is 33.0 Å². The molecular formula is C17H18BrClO. The van der Waals surface area contributed by atoms with E-state index in [9.17, 15) is 0 Å². The lowest BCUT2D eigenvalue weighted by atomic mass is 10.0. The Labute approximate surface area is 134 Å². The van der Waals surface area contributed by atoms with Crippen molar-refractivity contribution in [1.82, 2.24) is 0 Å². The van der Waals surface area contributed by atoms with Crippen molar-refractivity contribution < 1.29 is 4.74 Å². The van der Waals surface area contributed by atoms with Crippen LogP contribution in [0.2, 0.25) is 5.02 Å². The monoisotopic (exact) mass is 352 g/mol. The van der Waals surface area contributed by atoms with Crippen LogP contribution in [-0.4, -0.2) is 0 Å². The Balaban J connectivity index is 2.29. The number of rotatable bonds is 4. The number of hydrogen-bond donors (Lipinski definition) is 0. The molecule has 0 saturated carbocycles. The molecule has 20 heavy (non-hydrogen) atoms. The minimum absolute atomic E-state index is 0.484. The molecule has 0 fully saturated rings. The van der Waals surface area contributed by atoms with Crippen LogP contribution in [0.15, 0.2) is 36.4 Å². The van der Waals surface area contributed by atoms with Crippen LogP contribution in [0.1, 0.15) is 36.5 Å². The normalized spacial score (nSPS) is 10.9. The van der Waals surface area contributed by atoms with Crippen molar-refractivity contribution in [2.24, 2.45) is 0 Å². The van der Waals surface area contributed by atoms with Gasteiger partial charge in [-0.1, -0.05) is 59.6 Å². The van der Waals surface area contributed by atoms with Gasteiger partial charge in [0.1, 0.15) is 11.5 Å². The summed E-state index contributed by atoms with van der Waals surface area (Å²) in [6, 6.07) is 12.1. The van der Waals surface area contributed by atoms with Crippen molar-refractivity contribution in [3.63, 3.8) is 0 Å². The van der Waals surface area contributed by atoms with Gasteiger partial charge in [-0.2, -0.15) is 0 Å². The van der Waals surface area contributed by atoms with Gasteiger partial charge in [0.25, 0.3) is 0 Å². The lowest BCUT2D eigenvalue weighted by Gasteiger charge is -2.13. The Morgan fingerprint density at radius 2 is 1.90 bits per heavy atom. The van der Waals surface area contributed by atoms with Crippen LogP contribution in [-0.2, 0) is 5.33 Å². The Morgan fingerprint density at radius 1 is 1.15 bits per heavy atom. The van der Waals surface area contributed by atoms with Gasteiger partial charge in [-0.25, -0.2) is 0 Å².